The highest BCUT2D eigenvalue weighted by Crippen LogP contribution is 2.27. The summed E-state index contributed by atoms with van der Waals surface area (Å²) >= 11 is 0. The van der Waals surface area contributed by atoms with Gasteiger partial charge in [-0.1, -0.05) is 42.8 Å². The van der Waals surface area contributed by atoms with E-state index in [0.717, 1.165) is 24.5 Å². The number of nitrogens with zero attached hydrogens (tertiary/aromatic N) is 2. The van der Waals surface area contributed by atoms with Crippen LogP contribution in [-0.4, -0.2) is 29.9 Å². The number of hydrogen-bond acceptors (Lipinski definition) is 2. The fourth-order valence-corrected chi connectivity index (χ4v) is 3.42. The maximum Gasteiger partial charge on any atom is 0.233 e. The van der Waals surface area contributed by atoms with Crippen molar-refractivity contribution < 1.29 is 4.79 Å². The SMILES string of the molecule is CC(CC(=O)N(c1ccccc1)c1ccccc1)N1CCCCC1. The average molecular weight is 322 g/mol. The fraction of sp³-hybridized carbons (Fsp3) is 0.381. The predicted molar refractivity (Wildman–Crippen MR) is 99.5 cm³/mol. The predicted octanol–water partition coefficient (Wildman–Crippen LogP) is 4.62. The van der Waals surface area contributed by atoms with Crippen molar-refractivity contribution in [3.8, 4) is 0 Å². The lowest BCUT2D eigenvalue weighted by molar-refractivity contribution is -0.119. The van der Waals surface area contributed by atoms with Crippen molar-refractivity contribution in [3.63, 3.8) is 0 Å². The smallest absolute Gasteiger partial charge is 0.233 e. The van der Waals surface area contributed by atoms with Crippen LogP contribution in [0, 0.1) is 0 Å². The van der Waals surface area contributed by atoms with Gasteiger partial charge in [0, 0.05) is 23.8 Å². The molecule has 0 spiro atoms. The van der Waals surface area contributed by atoms with Crippen molar-refractivity contribution in [2.45, 2.75) is 38.6 Å². The Labute approximate surface area is 144 Å². The number of benzene rings is 2. The van der Waals surface area contributed by atoms with Crippen molar-refractivity contribution in [2.75, 3.05) is 18.0 Å². The average Bonchev–Trinajstić information content (AvgIpc) is 2.64. The zero-order valence-corrected chi connectivity index (χ0v) is 14.4. The van der Waals surface area contributed by atoms with E-state index in [9.17, 15) is 4.79 Å². The first-order chi connectivity index (χ1) is 11.8. The van der Waals surface area contributed by atoms with E-state index in [1.165, 1.54) is 19.3 Å². The van der Waals surface area contributed by atoms with Gasteiger partial charge in [0.05, 0.1) is 0 Å². The van der Waals surface area contributed by atoms with E-state index >= 15 is 0 Å². The summed E-state index contributed by atoms with van der Waals surface area (Å²) in [5.74, 6) is 0.158. The number of likely N-dealkylation sites (tertiary alicyclic amines) is 1. The Morgan fingerprint density at radius 1 is 0.917 bits per heavy atom. The van der Waals surface area contributed by atoms with E-state index < -0.39 is 0 Å². The third-order valence-electron chi connectivity index (χ3n) is 4.76. The molecule has 0 saturated carbocycles. The van der Waals surface area contributed by atoms with Gasteiger partial charge in [0.1, 0.15) is 0 Å². The molecule has 1 fully saturated rings. The molecular formula is C21H26N2O. The summed E-state index contributed by atoms with van der Waals surface area (Å²) in [4.78, 5) is 17.4. The standard InChI is InChI=1S/C21H26N2O/c1-18(22-15-9-4-10-16-22)17-21(24)23(19-11-5-2-6-12-19)20-13-7-3-8-14-20/h2-3,5-8,11-14,18H,4,9-10,15-17H2,1H3. The van der Waals surface area contributed by atoms with Crippen molar-refractivity contribution in [2.24, 2.45) is 0 Å². The van der Waals surface area contributed by atoms with Gasteiger partial charge in [-0.2, -0.15) is 0 Å². The van der Waals surface area contributed by atoms with Gasteiger partial charge in [0.2, 0.25) is 5.91 Å². The van der Waals surface area contributed by atoms with Crippen LogP contribution < -0.4 is 4.90 Å². The highest BCUT2D eigenvalue weighted by Gasteiger charge is 2.24. The largest absolute Gasteiger partial charge is 0.300 e. The molecule has 1 saturated heterocycles. The number of carbonyl (C=O) groups is 1. The van der Waals surface area contributed by atoms with Gasteiger partial charge in [0.25, 0.3) is 0 Å². The van der Waals surface area contributed by atoms with Crippen molar-refractivity contribution in [3.05, 3.63) is 60.7 Å². The molecule has 3 nitrogen and oxygen atoms in total. The summed E-state index contributed by atoms with van der Waals surface area (Å²) in [6, 6.07) is 20.1. The molecule has 2 aromatic carbocycles. The molecule has 2 aromatic rings. The van der Waals surface area contributed by atoms with Gasteiger partial charge >= 0.3 is 0 Å². The van der Waals surface area contributed by atoms with E-state index in [4.69, 9.17) is 0 Å². The lowest BCUT2D eigenvalue weighted by Crippen LogP contribution is -2.40. The molecule has 24 heavy (non-hydrogen) atoms. The maximum atomic E-state index is 13.1. The molecule has 0 aliphatic carbocycles. The molecule has 1 aliphatic rings. The number of anilines is 2. The number of carbonyl (C=O) groups excluding carboxylic acids is 1. The van der Waals surface area contributed by atoms with Crippen LogP contribution in [0.25, 0.3) is 0 Å². The van der Waals surface area contributed by atoms with Crippen molar-refractivity contribution >= 4 is 17.3 Å². The topological polar surface area (TPSA) is 23.6 Å². The van der Waals surface area contributed by atoms with Gasteiger partial charge in [-0.15, -0.1) is 0 Å². The summed E-state index contributed by atoms with van der Waals surface area (Å²) in [5, 5.41) is 0. The van der Waals surface area contributed by atoms with Gasteiger partial charge in [-0.05, 0) is 57.1 Å². The molecule has 0 aromatic heterocycles. The zero-order valence-electron chi connectivity index (χ0n) is 14.4. The van der Waals surface area contributed by atoms with Crippen LogP contribution in [0.2, 0.25) is 0 Å². The summed E-state index contributed by atoms with van der Waals surface area (Å²) in [6.07, 6.45) is 4.36. The first-order valence-corrected chi connectivity index (χ1v) is 8.93. The van der Waals surface area contributed by atoms with Crippen LogP contribution in [-0.2, 0) is 4.79 Å². The monoisotopic (exact) mass is 322 g/mol. The second-order valence-electron chi connectivity index (χ2n) is 6.55. The van der Waals surface area contributed by atoms with Crippen LogP contribution in [0.1, 0.15) is 32.6 Å². The molecule has 1 atom stereocenters. The lowest BCUT2D eigenvalue weighted by Gasteiger charge is -2.33. The number of rotatable bonds is 5. The van der Waals surface area contributed by atoms with Gasteiger partial charge in [0.15, 0.2) is 0 Å². The molecule has 0 N–H and O–H groups in total. The van der Waals surface area contributed by atoms with Gasteiger partial charge in [-0.3, -0.25) is 9.69 Å². The minimum atomic E-state index is 0.158. The number of piperidine rings is 1. The molecule has 1 amide bonds. The second kappa shape index (κ2) is 8.11. The Kier molecular flexibility index (Phi) is 5.65. The number of para-hydroxylation sites is 2. The van der Waals surface area contributed by atoms with Gasteiger partial charge in [-0.25, -0.2) is 0 Å². The van der Waals surface area contributed by atoms with Crippen LogP contribution in [0.3, 0.4) is 0 Å². The summed E-state index contributed by atoms with van der Waals surface area (Å²) in [7, 11) is 0. The van der Waals surface area contributed by atoms with Crippen molar-refractivity contribution in [1.29, 1.82) is 0 Å². The highest BCUT2D eigenvalue weighted by molar-refractivity contribution is 6.00. The summed E-state index contributed by atoms with van der Waals surface area (Å²) in [6.45, 7) is 4.41. The quantitative estimate of drug-likeness (QED) is 0.802. The fourth-order valence-electron chi connectivity index (χ4n) is 3.42. The minimum Gasteiger partial charge on any atom is -0.300 e. The van der Waals surface area contributed by atoms with E-state index in [0.29, 0.717) is 6.42 Å². The number of amides is 1. The Hall–Kier alpha value is -2.13. The van der Waals surface area contributed by atoms with Crippen LogP contribution >= 0.6 is 0 Å². The van der Waals surface area contributed by atoms with Gasteiger partial charge < -0.3 is 4.90 Å². The molecule has 0 radical (unpaired) electrons. The molecule has 126 valence electrons. The first kappa shape index (κ1) is 16.7. The normalized spacial score (nSPS) is 16.5. The van der Waals surface area contributed by atoms with Crippen LogP contribution in [0.4, 0.5) is 11.4 Å². The molecule has 0 bridgehead atoms. The molecule has 3 heteroatoms. The number of hydrogen-bond donors (Lipinski definition) is 0. The zero-order chi connectivity index (χ0) is 16.8. The first-order valence-electron chi connectivity index (χ1n) is 8.93. The summed E-state index contributed by atoms with van der Waals surface area (Å²) in [5.41, 5.74) is 1.86. The van der Waals surface area contributed by atoms with Crippen molar-refractivity contribution in [1.82, 2.24) is 4.90 Å². The van der Waals surface area contributed by atoms with Crippen LogP contribution in [0.15, 0.2) is 60.7 Å². The Bertz CT molecular complexity index is 596. The molecule has 3 rings (SSSR count). The third-order valence-corrected chi connectivity index (χ3v) is 4.76. The lowest BCUT2D eigenvalue weighted by atomic mass is 10.1. The Morgan fingerprint density at radius 3 is 1.92 bits per heavy atom. The van der Waals surface area contributed by atoms with E-state index in [-0.39, 0.29) is 11.9 Å². The minimum absolute atomic E-state index is 0.158. The third kappa shape index (κ3) is 4.04. The van der Waals surface area contributed by atoms with E-state index in [2.05, 4.69) is 11.8 Å². The van der Waals surface area contributed by atoms with E-state index in [1.54, 1.807) is 0 Å². The van der Waals surface area contributed by atoms with E-state index in [1.807, 2.05) is 65.6 Å². The molecule has 1 heterocycles. The molecular weight excluding hydrogens is 296 g/mol. The molecule has 1 aliphatic heterocycles. The highest BCUT2D eigenvalue weighted by atomic mass is 16.2. The van der Waals surface area contributed by atoms with Crippen LogP contribution in [0.5, 0.6) is 0 Å². The molecule has 1 unspecified atom stereocenters. The maximum absolute atomic E-state index is 13.1. The second-order valence-corrected chi connectivity index (χ2v) is 6.55. The Morgan fingerprint density at radius 2 is 1.42 bits per heavy atom. The summed E-state index contributed by atoms with van der Waals surface area (Å²) < 4.78 is 0. The Balaban J connectivity index is 1.79.